The summed E-state index contributed by atoms with van der Waals surface area (Å²) in [6.45, 7) is 19.8. The molecule has 0 bridgehead atoms. The van der Waals surface area contributed by atoms with E-state index in [9.17, 15) is 43.5 Å². The summed E-state index contributed by atoms with van der Waals surface area (Å²) in [4.78, 5) is 118. The fourth-order valence-electron chi connectivity index (χ4n) is 9.97. The lowest BCUT2D eigenvalue weighted by Crippen LogP contribution is -2.50. The number of aldehydes is 1. The van der Waals surface area contributed by atoms with Crippen LogP contribution >= 0.6 is 12.6 Å². The van der Waals surface area contributed by atoms with Gasteiger partial charge in [0, 0.05) is 63.2 Å². The van der Waals surface area contributed by atoms with Crippen LogP contribution in [0.3, 0.4) is 0 Å². The lowest BCUT2D eigenvalue weighted by molar-refractivity contribution is -0.137. The van der Waals surface area contributed by atoms with Crippen LogP contribution in [0, 0.1) is 0 Å². The van der Waals surface area contributed by atoms with Crippen LogP contribution in [-0.2, 0) is 35.3 Å². The van der Waals surface area contributed by atoms with Gasteiger partial charge in [0.15, 0.2) is 29.2 Å². The van der Waals surface area contributed by atoms with Gasteiger partial charge in [-0.1, -0.05) is 90.3 Å². The third-order valence-corrected chi connectivity index (χ3v) is 14.6. The van der Waals surface area contributed by atoms with Crippen molar-refractivity contribution in [2.45, 2.75) is 143 Å². The molecule has 496 valence electrons. The number of ether oxygens (including phenoxy) is 5. The molecule has 26 heteroatoms. The van der Waals surface area contributed by atoms with Crippen molar-refractivity contribution in [2.24, 2.45) is 16.5 Å². The zero-order chi connectivity index (χ0) is 67.3. The van der Waals surface area contributed by atoms with Crippen molar-refractivity contribution >= 4 is 89.8 Å². The Labute approximate surface area is 538 Å². The van der Waals surface area contributed by atoms with E-state index in [1.54, 1.807) is 35.4 Å². The smallest absolute Gasteiger partial charge is 0.416 e. The van der Waals surface area contributed by atoms with E-state index in [2.05, 4.69) is 72.0 Å². The highest BCUT2D eigenvalue weighted by Crippen LogP contribution is 2.43. The Balaban J connectivity index is 0.000000421. The highest BCUT2D eigenvalue weighted by atomic mass is 32.1. The van der Waals surface area contributed by atoms with Crippen molar-refractivity contribution in [1.29, 1.82) is 0 Å². The van der Waals surface area contributed by atoms with Crippen LogP contribution in [0.4, 0.5) is 26.7 Å². The number of methoxy groups -OCH3 is 2. The zero-order valence-electron chi connectivity index (χ0n) is 53.5. The molecule has 25 nitrogen and oxygen atoms in total. The maximum absolute atomic E-state index is 13.9. The largest absolute Gasteiger partial charge is 0.493 e. The molecular formula is C65H90N10O15S. The highest BCUT2D eigenvalue weighted by molar-refractivity contribution is 7.85. The number of nitrogens with zero attached hydrogens (tertiary/aromatic N) is 5. The standard InChI is InChI=1S/C42H47N5O9.C17H25N3O5S.C3H8.C2H6.CH4N2O/c1-25-15-29-21-44-32-19-37(35(52-4)17-30(32)39(48)45(29)22-25)54-13-7-6-8-14-55-38-20-33-31(18-36(38)53-5)40(49)46-23-26(2)16-34(46)41(50)47(33)42(51)56-24-27-9-11-28(43-3)12-10-27;1-2-6-12(11-21)19-15(23)10-18-14(22)7-4-3-5-8-20-16(24)9-13(26)17(20)25;1-3-2;1-2;2-1(3)4/h9-12,17-21,29,34,41,43,50H,1-2,6-8,13-16,22-24H2,3-5H3;9,11-12,26H,2-8,10H2,1H3,(H,18,22)(H,19,23);3H2,1-2H3;1-2H3;(H4,2,3,4). The number of aliphatic hydroxyl groups excluding tert-OH is 1. The van der Waals surface area contributed by atoms with Crippen LogP contribution in [0.1, 0.15) is 138 Å². The molecule has 5 aliphatic rings. The molecule has 0 spiro atoms. The average molecular weight is 1280 g/mol. The number of rotatable bonds is 25. The number of thiol groups is 1. The lowest BCUT2D eigenvalue weighted by Gasteiger charge is -2.31. The molecule has 0 radical (unpaired) electrons. The van der Waals surface area contributed by atoms with E-state index in [0.29, 0.717) is 118 Å². The van der Waals surface area contributed by atoms with E-state index in [0.717, 1.165) is 45.0 Å². The van der Waals surface area contributed by atoms with Gasteiger partial charge in [-0.05, 0) is 81.2 Å². The van der Waals surface area contributed by atoms with E-state index >= 15 is 0 Å². The molecule has 91 heavy (non-hydrogen) atoms. The van der Waals surface area contributed by atoms with Crippen molar-refractivity contribution in [3.8, 4) is 23.0 Å². The summed E-state index contributed by atoms with van der Waals surface area (Å²) in [6, 6.07) is 11.8. The predicted molar refractivity (Wildman–Crippen MR) is 350 cm³/mol. The Morgan fingerprint density at radius 1 is 0.791 bits per heavy atom. The maximum atomic E-state index is 13.9. The van der Waals surface area contributed by atoms with Crippen molar-refractivity contribution in [3.63, 3.8) is 0 Å². The third kappa shape index (κ3) is 21.6. The number of aliphatic hydroxyl groups is 1. The summed E-state index contributed by atoms with van der Waals surface area (Å²) in [5, 5.41) is 19.7. The van der Waals surface area contributed by atoms with E-state index in [1.165, 1.54) is 31.6 Å². The minimum atomic E-state index is -1.40. The number of unbranched alkanes of at least 4 members (excludes halogenated alkanes) is 4. The number of nitrogens with one attached hydrogen (secondary N) is 3. The molecule has 5 aliphatic heterocycles. The number of amides is 9. The summed E-state index contributed by atoms with van der Waals surface area (Å²) in [5.74, 6) is -0.292. The first-order chi connectivity index (χ1) is 43.6. The first kappa shape index (κ1) is 74.6. The summed E-state index contributed by atoms with van der Waals surface area (Å²) in [5.41, 5.74) is 13.3. The van der Waals surface area contributed by atoms with Gasteiger partial charge in [-0.3, -0.25) is 38.7 Å². The van der Waals surface area contributed by atoms with E-state index < -0.39 is 42.3 Å². The summed E-state index contributed by atoms with van der Waals surface area (Å²) >= 11 is 3.92. The molecule has 5 heterocycles. The number of nitrogens with two attached hydrogens (primary N) is 2. The summed E-state index contributed by atoms with van der Waals surface area (Å²) in [6.07, 6.45) is 9.30. The quantitative estimate of drug-likeness (QED) is 0.0139. The summed E-state index contributed by atoms with van der Waals surface area (Å²) < 4.78 is 29.2. The molecule has 3 aromatic rings. The van der Waals surface area contributed by atoms with Gasteiger partial charge in [-0.25, -0.2) is 14.5 Å². The molecule has 8 rings (SSSR count). The van der Waals surface area contributed by atoms with Crippen LogP contribution in [0.5, 0.6) is 23.0 Å². The molecule has 4 atom stereocenters. The van der Waals surface area contributed by atoms with Crippen molar-refractivity contribution in [2.75, 3.05) is 70.9 Å². The Hall–Kier alpha value is -8.91. The monoisotopic (exact) mass is 1280 g/mol. The number of aliphatic imine (C=N–C) groups is 1. The molecule has 8 N–H and O–H groups in total. The number of benzene rings is 3. The molecule has 0 aliphatic carbocycles. The topological polar surface area (TPSA) is 333 Å². The number of carbonyl (C=O) groups is 9. The number of hydrogen-bond acceptors (Lipinski definition) is 18. The second-order valence-electron chi connectivity index (χ2n) is 21.4. The van der Waals surface area contributed by atoms with Crippen LogP contribution in [0.15, 0.2) is 88.8 Å². The maximum Gasteiger partial charge on any atom is 0.416 e. The first-order valence-corrected chi connectivity index (χ1v) is 31.0. The van der Waals surface area contributed by atoms with Gasteiger partial charge in [0.2, 0.25) is 11.8 Å². The van der Waals surface area contributed by atoms with Gasteiger partial charge in [0.05, 0.1) is 79.5 Å². The fourth-order valence-corrected chi connectivity index (χ4v) is 10.2. The normalized spacial score (nSPS) is 16.9. The minimum Gasteiger partial charge on any atom is -0.493 e. The predicted octanol–water partition coefficient (Wildman–Crippen LogP) is 7.90. The molecule has 0 saturated carbocycles. The Kier molecular flexibility index (Phi) is 31.1. The highest BCUT2D eigenvalue weighted by Gasteiger charge is 2.46. The van der Waals surface area contributed by atoms with Gasteiger partial charge in [-0.2, -0.15) is 0 Å². The number of fused-ring (bicyclic) bond motifs is 4. The minimum absolute atomic E-state index is 0.0392. The Morgan fingerprint density at radius 3 is 1.96 bits per heavy atom. The molecular weight excluding hydrogens is 1190 g/mol. The molecule has 4 unspecified atom stereocenters. The van der Waals surface area contributed by atoms with Crippen molar-refractivity contribution in [1.82, 2.24) is 25.3 Å². The van der Waals surface area contributed by atoms with Gasteiger partial charge >= 0.3 is 12.1 Å². The van der Waals surface area contributed by atoms with E-state index in [4.69, 9.17) is 28.5 Å². The number of carbonyl (C=O) groups excluding carboxylic acids is 9. The zero-order valence-corrected chi connectivity index (χ0v) is 54.4. The average Bonchev–Trinajstić information content (AvgIpc) is 1.72. The van der Waals surface area contributed by atoms with Gasteiger partial charge in [-0.15, -0.1) is 12.6 Å². The molecule has 2 fully saturated rings. The number of urea groups is 1. The third-order valence-electron chi connectivity index (χ3n) is 14.3. The van der Waals surface area contributed by atoms with Crippen LogP contribution < -0.4 is 51.3 Å². The van der Waals surface area contributed by atoms with Gasteiger partial charge < -0.3 is 70.8 Å². The van der Waals surface area contributed by atoms with E-state index in [-0.39, 0.29) is 71.9 Å². The van der Waals surface area contributed by atoms with Crippen LogP contribution in [0.25, 0.3) is 0 Å². The van der Waals surface area contributed by atoms with Gasteiger partial charge in [0.25, 0.3) is 23.6 Å². The number of primary amides is 2. The fraction of sp³-hybridized carbons (Fsp3) is 0.477. The number of imide groups is 1. The SMILES string of the molecule is C=C1CC2C=Nc3cc(OCCCCCOc4cc5c(cc4OC)C(=O)N4CC(=C)CC4C(O)N5C(=O)OCc4ccc(NC)cc4)c(OC)cc3C(=O)N2C1.CC.CCC.CCCC(C=O)NC(=O)CNC(=O)CCCCCN1C(=O)C=C(S)C1=O.NC(N)=O. The Morgan fingerprint density at radius 2 is 1.37 bits per heavy atom. The number of hydrogen-bond donors (Lipinski definition) is 7. The Bertz CT molecular complexity index is 3120. The van der Waals surface area contributed by atoms with Crippen LogP contribution in [-0.4, -0.2) is 165 Å². The second kappa shape index (κ2) is 37.9. The summed E-state index contributed by atoms with van der Waals surface area (Å²) in [7, 11) is 4.83. The van der Waals surface area contributed by atoms with Crippen LogP contribution in [0.2, 0.25) is 0 Å². The molecule has 3 aromatic carbocycles. The van der Waals surface area contributed by atoms with Gasteiger partial charge in [0.1, 0.15) is 12.9 Å². The lowest BCUT2D eigenvalue weighted by atomic mass is 10.1. The first-order valence-electron chi connectivity index (χ1n) is 30.6. The second-order valence-corrected chi connectivity index (χ2v) is 21.9. The molecule has 9 amide bonds. The number of anilines is 2. The molecule has 2 saturated heterocycles. The van der Waals surface area contributed by atoms with Crippen molar-refractivity contribution in [3.05, 3.63) is 101 Å². The van der Waals surface area contributed by atoms with Crippen molar-refractivity contribution < 1.29 is 71.9 Å². The molecule has 0 aromatic heterocycles. The van der Waals surface area contributed by atoms with E-state index in [1.807, 2.05) is 52.1 Å².